The number of aldehydes is 1. The fourth-order valence-electron chi connectivity index (χ4n) is 0.739. The van der Waals surface area contributed by atoms with Gasteiger partial charge in [0.05, 0.1) is 5.56 Å². The molecule has 0 atom stereocenters. The van der Waals surface area contributed by atoms with Gasteiger partial charge in [-0.1, -0.05) is 6.07 Å². The molecule has 0 unspecified atom stereocenters. The first-order chi connectivity index (χ1) is 5.29. The molecule has 0 aliphatic rings. The summed E-state index contributed by atoms with van der Waals surface area (Å²) >= 11 is 0. The fourth-order valence-corrected chi connectivity index (χ4v) is 0.739. The van der Waals surface area contributed by atoms with E-state index in [1.165, 1.54) is 23.4 Å². The monoisotopic (exact) mass is 152 g/mol. The first kappa shape index (κ1) is 7.40. The maximum Gasteiger partial charge on any atom is 0.295 e. The quantitative estimate of drug-likeness (QED) is 0.451. The third kappa shape index (κ3) is 1.24. The van der Waals surface area contributed by atoms with Crippen LogP contribution >= 0.6 is 0 Å². The Labute approximate surface area is 62.4 Å². The molecule has 0 fully saturated rings. The van der Waals surface area contributed by atoms with Crippen LogP contribution in [0.25, 0.3) is 0 Å². The minimum absolute atomic E-state index is 0.00889. The highest BCUT2D eigenvalue weighted by Crippen LogP contribution is 2.20. The Morgan fingerprint density at radius 1 is 1.45 bits per heavy atom. The van der Waals surface area contributed by atoms with Gasteiger partial charge in [0.15, 0.2) is 6.29 Å². The van der Waals surface area contributed by atoms with Crippen molar-refractivity contribution >= 4 is 12.0 Å². The van der Waals surface area contributed by atoms with Crippen molar-refractivity contribution in [2.75, 3.05) is 0 Å². The van der Waals surface area contributed by atoms with E-state index in [-0.39, 0.29) is 17.0 Å². The molecule has 0 heterocycles. The standard InChI is InChI=1S/C7H5NO3/c9-4-5-2-1-3-6(8-11)7(5)10/h1-4,10H/p+1. The minimum Gasteiger partial charge on any atom is -0.502 e. The smallest absolute Gasteiger partial charge is 0.295 e. The van der Waals surface area contributed by atoms with E-state index < -0.39 is 0 Å². The van der Waals surface area contributed by atoms with Gasteiger partial charge in [0.2, 0.25) is 5.75 Å². The second-order valence-corrected chi connectivity index (χ2v) is 1.96. The number of para-hydroxylation sites is 1. The zero-order valence-corrected chi connectivity index (χ0v) is 5.57. The second-order valence-electron chi connectivity index (χ2n) is 1.96. The van der Waals surface area contributed by atoms with Gasteiger partial charge >= 0.3 is 0 Å². The van der Waals surface area contributed by atoms with Crippen molar-refractivity contribution in [3.05, 3.63) is 28.7 Å². The molecule has 0 aromatic heterocycles. The number of rotatable bonds is 2. The number of nitrogens with one attached hydrogen (secondary N) is 1. The zero-order valence-electron chi connectivity index (χ0n) is 5.57. The summed E-state index contributed by atoms with van der Waals surface area (Å²) in [6.45, 7) is 0. The molecular formula is C7H6NO3+. The first-order valence-electron chi connectivity index (χ1n) is 2.95. The van der Waals surface area contributed by atoms with Crippen LogP contribution in [-0.2, 0) is 0 Å². The van der Waals surface area contributed by atoms with Gasteiger partial charge in [-0.25, -0.2) is 0 Å². The number of aromatic hydroxyl groups is 1. The van der Waals surface area contributed by atoms with Gasteiger partial charge in [-0.15, -0.1) is 0 Å². The lowest BCUT2D eigenvalue weighted by molar-refractivity contribution is -0.380. The number of carbonyl (C=O) groups is 1. The van der Waals surface area contributed by atoms with Crippen LogP contribution in [0.15, 0.2) is 18.2 Å². The number of phenols is 1. The molecule has 0 aliphatic carbocycles. The number of carbonyl (C=O) groups excluding carboxylic acids is 1. The Morgan fingerprint density at radius 3 is 2.73 bits per heavy atom. The van der Waals surface area contributed by atoms with E-state index in [0.29, 0.717) is 6.29 Å². The third-order valence-corrected chi connectivity index (χ3v) is 1.30. The van der Waals surface area contributed by atoms with E-state index in [1.54, 1.807) is 0 Å². The molecule has 0 amide bonds. The van der Waals surface area contributed by atoms with E-state index in [9.17, 15) is 9.70 Å². The van der Waals surface area contributed by atoms with Crippen LogP contribution in [0.2, 0.25) is 0 Å². The largest absolute Gasteiger partial charge is 0.502 e. The molecule has 0 bridgehead atoms. The van der Waals surface area contributed by atoms with Crippen molar-refractivity contribution in [1.82, 2.24) is 0 Å². The van der Waals surface area contributed by atoms with Crippen LogP contribution in [0.4, 0.5) is 5.69 Å². The summed E-state index contributed by atoms with van der Waals surface area (Å²) in [5, 5.41) is 10.6. The normalized spacial score (nSPS) is 9.09. The molecule has 0 saturated heterocycles. The fraction of sp³-hybridized carbons (Fsp3) is 0. The highest BCUT2D eigenvalue weighted by molar-refractivity contribution is 5.81. The molecule has 1 aromatic rings. The van der Waals surface area contributed by atoms with E-state index in [1.807, 2.05) is 0 Å². The molecule has 0 aliphatic heterocycles. The predicted octanol–water partition coefficient (Wildman–Crippen LogP) is -0.317. The van der Waals surface area contributed by atoms with E-state index in [0.717, 1.165) is 0 Å². The number of benzene rings is 1. The minimum atomic E-state index is -0.308. The molecule has 1 aromatic carbocycles. The number of nitroso groups, excluding NO2 is 1. The summed E-state index contributed by atoms with van der Waals surface area (Å²) in [5.74, 6) is -0.308. The van der Waals surface area contributed by atoms with E-state index >= 15 is 0 Å². The average Bonchev–Trinajstić information content (AvgIpc) is 2.05. The lowest BCUT2D eigenvalue weighted by atomic mass is 10.2. The van der Waals surface area contributed by atoms with Crippen LogP contribution in [0.3, 0.4) is 0 Å². The molecular weight excluding hydrogens is 146 g/mol. The van der Waals surface area contributed by atoms with Crippen molar-refractivity contribution in [1.29, 1.82) is 0 Å². The SMILES string of the molecule is O=Cc1cccc([NH+]=O)c1O. The summed E-state index contributed by atoms with van der Waals surface area (Å²) in [5.41, 5.74) is 0.112. The lowest BCUT2D eigenvalue weighted by Gasteiger charge is -1.92. The molecule has 0 spiro atoms. The Balaban J connectivity index is 3.30. The molecule has 4 heteroatoms. The Kier molecular flexibility index (Phi) is 1.96. The van der Waals surface area contributed by atoms with Crippen molar-refractivity contribution in [3.63, 3.8) is 0 Å². The predicted molar refractivity (Wildman–Crippen MR) is 37.5 cm³/mol. The van der Waals surface area contributed by atoms with Gasteiger partial charge in [0.1, 0.15) is 0 Å². The van der Waals surface area contributed by atoms with Crippen LogP contribution in [0.5, 0.6) is 5.75 Å². The second kappa shape index (κ2) is 2.92. The Bertz CT molecular complexity index is 269. The van der Waals surface area contributed by atoms with E-state index in [2.05, 4.69) is 0 Å². The summed E-state index contributed by atoms with van der Waals surface area (Å²) in [6.07, 6.45) is 0.482. The summed E-state index contributed by atoms with van der Waals surface area (Å²) in [4.78, 5) is 20.3. The van der Waals surface area contributed by atoms with Crippen LogP contribution in [0, 0.1) is 4.91 Å². The van der Waals surface area contributed by atoms with E-state index in [4.69, 9.17) is 5.11 Å². The van der Waals surface area contributed by atoms with Gasteiger partial charge in [-0.2, -0.15) is 0 Å². The molecule has 0 saturated carbocycles. The Hall–Kier alpha value is -1.71. The average molecular weight is 152 g/mol. The van der Waals surface area contributed by atoms with Crippen LogP contribution < -0.4 is 5.18 Å². The summed E-state index contributed by atoms with van der Waals surface area (Å²) < 4.78 is 0. The topological polar surface area (TPSA) is 68.3 Å². The molecule has 4 nitrogen and oxygen atoms in total. The van der Waals surface area contributed by atoms with Crippen LogP contribution in [-0.4, -0.2) is 11.4 Å². The molecule has 56 valence electrons. The summed E-state index contributed by atoms with van der Waals surface area (Å²) in [7, 11) is 0. The zero-order chi connectivity index (χ0) is 8.27. The molecule has 11 heavy (non-hydrogen) atoms. The maximum absolute atomic E-state index is 10.2. The van der Waals surface area contributed by atoms with Gasteiger partial charge in [-0.05, 0) is 6.07 Å². The molecule has 2 N–H and O–H groups in total. The number of phenolic OH excluding ortho intramolecular Hbond substituents is 1. The highest BCUT2D eigenvalue weighted by Gasteiger charge is 2.10. The summed E-state index contributed by atoms with van der Waals surface area (Å²) in [6, 6.07) is 4.31. The third-order valence-electron chi connectivity index (χ3n) is 1.30. The van der Waals surface area contributed by atoms with Crippen molar-refractivity contribution < 1.29 is 15.1 Å². The van der Waals surface area contributed by atoms with Gasteiger partial charge in [0, 0.05) is 16.2 Å². The molecule has 1 rings (SSSR count). The van der Waals surface area contributed by atoms with Gasteiger partial charge in [0.25, 0.3) is 5.69 Å². The maximum atomic E-state index is 10.2. The van der Waals surface area contributed by atoms with Crippen LogP contribution in [0.1, 0.15) is 10.4 Å². The number of hydrogen-bond donors (Lipinski definition) is 2. The van der Waals surface area contributed by atoms with Gasteiger partial charge < -0.3 is 5.11 Å². The van der Waals surface area contributed by atoms with Gasteiger partial charge in [-0.3, -0.25) is 4.79 Å². The lowest BCUT2D eigenvalue weighted by Crippen LogP contribution is -2.55. The van der Waals surface area contributed by atoms with Crippen molar-refractivity contribution in [2.24, 2.45) is 0 Å². The molecule has 0 radical (unpaired) electrons. The first-order valence-corrected chi connectivity index (χ1v) is 2.95. The Morgan fingerprint density at radius 2 is 2.18 bits per heavy atom. The number of hydrogen-bond acceptors (Lipinski definition) is 3. The van der Waals surface area contributed by atoms with Crippen molar-refractivity contribution in [3.8, 4) is 5.75 Å². The van der Waals surface area contributed by atoms with Crippen molar-refractivity contribution in [2.45, 2.75) is 0 Å². The highest BCUT2D eigenvalue weighted by atomic mass is 16.3.